The number of hydrogen-bond donors (Lipinski definition) is 1. The molecule has 0 amide bonds. The van der Waals surface area contributed by atoms with Gasteiger partial charge in [-0.25, -0.2) is 0 Å². The van der Waals surface area contributed by atoms with Gasteiger partial charge in [0.15, 0.2) is 0 Å². The Labute approximate surface area is 94.1 Å². The molecule has 2 rings (SSSR count). The van der Waals surface area contributed by atoms with Crippen molar-refractivity contribution in [2.75, 3.05) is 0 Å². The third-order valence-corrected chi connectivity index (χ3v) is 5.25. The fourth-order valence-electron chi connectivity index (χ4n) is 3.91. The molecule has 2 aliphatic rings. The van der Waals surface area contributed by atoms with E-state index in [-0.39, 0.29) is 11.0 Å². The van der Waals surface area contributed by atoms with E-state index in [1.807, 2.05) is 0 Å². The number of nitrogens with two attached hydrogens (primary N) is 1. The molecule has 0 aromatic heterocycles. The van der Waals surface area contributed by atoms with Crippen LogP contribution in [0.15, 0.2) is 12.2 Å². The summed E-state index contributed by atoms with van der Waals surface area (Å²) in [6, 6.07) is 0. The topological polar surface area (TPSA) is 26.0 Å². The van der Waals surface area contributed by atoms with E-state index >= 15 is 0 Å². The van der Waals surface area contributed by atoms with Crippen LogP contribution < -0.4 is 5.73 Å². The number of hydrogen-bond acceptors (Lipinski definition) is 1. The second-order valence-electron chi connectivity index (χ2n) is 6.34. The first-order chi connectivity index (χ1) is 6.89. The van der Waals surface area contributed by atoms with Crippen molar-refractivity contribution in [3.05, 3.63) is 12.2 Å². The minimum Gasteiger partial charge on any atom is -0.325 e. The van der Waals surface area contributed by atoms with E-state index in [0.717, 1.165) is 6.42 Å². The fraction of sp³-hybridized carbons (Fsp3) is 0.857. The molecule has 0 bridgehead atoms. The lowest BCUT2D eigenvalue weighted by Gasteiger charge is -2.57. The smallest absolute Gasteiger partial charge is 0.0220 e. The van der Waals surface area contributed by atoms with Crippen molar-refractivity contribution in [1.82, 2.24) is 0 Å². The number of fused-ring (bicyclic) bond motifs is 1. The van der Waals surface area contributed by atoms with Gasteiger partial charge in [-0.2, -0.15) is 0 Å². The summed E-state index contributed by atoms with van der Waals surface area (Å²) in [5, 5.41) is 0. The van der Waals surface area contributed by atoms with Crippen molar-refractivity contribution in [3.63, 3.8) is 0 Å². The van der Waals surface area contributed by atoms with Gasteiger partial charge < -0.3 is 5.73 Å². The van der Waals surface area contributed by atoms with E-state index in [4.69, 9.17) is 5.73 Å². The number of rotatable bonds is 0. The predicted octanol–water partition coefficient (Wildman–Crippen LogP) is 3.50. The van der Waals surface area contributed by atoms with Crippen LogP contribution in [0.2, 0.25) is 0 Å². The van der Waals surface area contributed by atoms with Crippen LogP contribution in [-0.2, 0) is 0 Å². The molecule has 15 heavy (non-hydrogen) atoms. The first kappa shape index (κ1) is 11.2. The van der Waals surface area contributed by atoms with Crippen LogP contribution in [0, 0.1) is 17.3 Å². The van der Waals surface area contributed by atoms with Crippen LogP contribution in [0.25, 0.3) is 0 Å². The molecule has 0 aliphatic heterocycles. The molecule has 2 fully saturated rings. The van der Waals surface area contributed by atoms with Crippen LogP contribution >= 0.6 is 0 Å². The molecule has 1 heteroatoms. The van der Waals surface area contributed by atoms with Crippen LogP contribution in [-0.4, -0.2) is 5.54 Å². The molecule has 0 spiro atoms. The van der Waals surface area contributed by atoms with Gasteiger partial charge in [0.1, 0.15) is 0 Å². The summed E-state index contributed by atoms with van der Waals surface area (Å²) in [6.07, 6.45) is 6.31. The third-order valence-electron chi connectivity index (χ3n) is 5.25. The molecule has 2 saturated carbocycles. The van der Waals surface area contributed by atoms with Gasteiger partial charge in [-0.15, -0.1) is 0 Å². The Morgan fingerprint density at radius 3 is 2.67 bits per heavy atom. The Hall–Kier alpha value is -0.300. The largest absolute Gasteiger partial charge is 0.325 e. The van der Waals surface area contributed by atoms with Crippen molar-refractivity contribution in [3.8, 4) is 0 Å². The highest BCUT2D eigenvalue weighted by molar-refractivity contribution is 5.21. The van der Waals surface area contributed by atoms with Gasteiger partial charge in [0, 0.05) is 5.54 Å². The standard InChI is InChI=1S/C14H25N/c1-10-9-11(2)14(15)8-6-5-7-12(14)13(10,3)4/h11-12H,1,5-9,15H2,2-4H3. The minimum absolute atomic E-state index is 0.0863. The predicted molar refractivity (Wildman–Crippen MR) is 65.6 cm³/mol. The zero-order chi connectivity index (χ0) is 11.3. The van der Waals surface area contributed by atoms with Gasteiger partial charge >= 0.3 is 0 Å². The first-order valence-corrected chi connectivity index (χ1v) is 6.36. The highest BCUT2D eigenvalue weighted by Crippen LogP contribution is 2.55. The first-order valence-electron chi connectivity index (χ1n) is 6.36. The van der Waals surface area contributed by atoms with E-state index in [1.54, 1.807) is 0 Å². The quantitative estimate of drug-likeness (QED) is 0.604. The molecular formula is C14H25N. The molecule has 3 atom stereocenters. The summed E-state index contributed by atoms with van der Waals surface area (Å²) < 4.78 is 0. The lowest BCUT2D eigenvalue weighted by atomic mass is 9.50. The average Bonchev–Trinajstić information content (AvgIpc) is 2.16. The summed E-state index contributed by atoms with van der Waals surface area (Å²) in [4.78, 5) is 0. The van der Waals surface area contributed by atoms with Crippen molar-refractivity contribution < 1.29 is 0 Å². The van der Waals surface area contributed by atoms with Crippen molar-refractivity contribution in [1.29, 1.82) is 0 Å². The molecule has 2 aliphatic carbocycles. The lowest BCUT2D eigenvalue weighted by Crippen LogP contribution is -2.61. The molecule has 86 valence electrons. The van der Waals surface area contributed by atoms with Crippen LogP contribution in [0.1, 0.15) is 52.9 Å². The summed E-state index contributed by atoms with van der Waals surface area (Å²) in [7, 11) is 0. The zero-order valence-electron chi connectivity index (χ0n) is 10.5. The van der Waals surface area contributed by atoms with Crippen LogP contribution in [0.3, 0.4) is 0 Å². The van der Waals surface area contributed by atoms with Crippen LogP contribution in [0.5, 0.6) is 0 Å². The molecule has 1 nitrogen and oxygen atoms in total. The van der Waals surface area contributed by atoms with Gasteiger partial charge in [0.2, 0.25) is 0 Å². The summed E-state index contributed by atoms with van der Waals surface area (Å²) in [5.74, 6) is 1.26. The fourth-order valence-corrected chi connectivity index (χ4v) is 3.91. The van der Waals surface area contributed by atoms with E-state index in [2.05, 4.69) is 27.4 Å². The maximum atomic E-state index is 6.70. The Morgan fingerprint density at radius 2 is 2.00 bits per heavy atom. The average molecular weight is 207 g/mol. The van der Waals surface area contributed by atoms with Gasteiger partial charge in [-0.1, -0.05) is 45.8 Å². The zero-order valence-corrected chi connectivity index (χ0v) is 10.5. The van der Waals surface area contributed by atoms with E-state index < -0.39 is 0 Å². The molecule has 0 saturated heterocycles. The monoisotopic (exact) mass is 207 g/mol. The van der Waals surface area contributed by atoms with Gasteiger partial charge in [-0.05, 0) is 36.5 Å². The van der Waals surface area contributed by atoms with Crippen molar-refractivity contribution >= 4 is 0 Å². The molecule has 0 radical (unpaired) electrons. The second kappa shape index (κ2) is 3.35. The third kappa shape index (κ3) is 1.47. The maximum Gasteiger partial charge on any atom is 0.0220 e. The Bertz CT molecular complexity index is 279. The van der Waals surface area contributed by atoms with Crippen molar-refractivity contribution in [2.45, 2.75) is 58.4 Å². The minimum atomic E-state index is 0.0863. The second-order valence-corrected chi connectivity index (χ2v) is 6.34. The summed E-state index contributed by atoms with van der Waals surface area (Å²) in [6.45, 7) is 11.3. The maximum absolute atomic E-state index is 6.70. The molecule has 3 unspecified atom stereocenters. The van der Waals surface area contributed by atoms with Crippen LogP contribution in [0.4, 0.5) is 0 Å². The summed E-state index contributed by atoms with van der Waals surface area (Å²) in [5.41, 5.74) is 8.46. The Balaban J connectivity index is 2.37. The normalized spacial score (nSPS) is 44.9. The lowest BCUT2D eigenvalue weighted by molar-refractivity contribution is 0.0187. The Morgan fingerprint density at radius 1 is 1.33 bits per heavy atom. The van der Waals surface area contributed by atoms with Gasteiger partial charge in [0.05, 0.1) is 0 Å². The number of allylic oxidation sites excluding steroid dienone is 1. The summed E-state index contributed by atoms with van der Waals surface area (Å²) >= 11 is 0. The van der Waals surface area contributed by atoms with E-state index in [0.29, 0.717) is 11.8 Å². The highest BCUT2D eigenvalue weighted by Gasteiger charge is 2.52. The highest BCUT2D eigenvalue weighted by atomic mass is 14.8. The van der Waals surface area contributed by atoms with E-state index in [9.17, 15) is 0 Å². The van der Waals surface area contributed by atoms with Gasteiger partial charge in [0.25, 0.3) is 0 Å². The van der Waals surface area contributed by atoms with Gasteiger partial charge in [-0.3, -0.25) is 0 Å². The molecular weight excluding hydrogens is 182 g/mol. The molecule has 0 heterocycles. The SMILES string of the molecule is C=C1CC(C)C2(N)CCCCC2C1(C)C. The molecule has 2 N–H and O–H groups in total. The molecule has 0 aromatic rings. The van der Waals surface area contributed by atoms with E-state index in [1.165, 1.54) is 31.3 Å². The molecule has 0 aromatic carbocycles. The Kier molecular flexibility index (Phi) is 2.50. The van der Waals surface area contributed by atoms with Crippen molar-refractivity contribution in [2.24, 2.45) is 23.0 Å².